The maximum absolute atomic E-state index is 2.32. The van der Waals surface area contributed by atoms with E-state index >= 15 is 0 Å². The second kappa shape index (κ2) is 6.49. The Labute approximate surface area is 139 Å². The fraction of sp³-hybridized carbons (Fsp3) is 0.421. The van der Waals surface area contributed by atoms with E-state index in [1.807, 2.05) is 0 Å². The van der Waals surface area contributed by atoms with Crippen LogP contribution in [0.1, 0.15) is 5.56 Å². The van der Waals surface area contributed by atoms with Gasteiger partial charge in [-0.05, 0) is 17.2 Å². The lowest BCUT2D eigenvalue weighted by Gasteiger charge is -2.18. The van der Waals surface area contributed by atoms with Gasteiger partial charge in [-0.2, -0.15) is 0 Å². The molecule has 0 unspecified atom stereocenters. The second-order valence-electron chi connectivity index (χ2n) is 6.51. The van der Waals surface area contributed by atoms with Gasteiger partial charge in [0.2, 0.25) is 0 Å². The first-order chi connectivity index (χ1) is 11.1. The molecule has 0 atom stereocenters. The van der Waals surface area contributed by atoms with Gasteiger partial charge >= 0.3 is 0 Å². The van der Waals surface area contributed by atoms with Gasteiger partial charge in [0.1, 0.15) is 18.9 Å². The molecule has 0 spiro atoms. The van der Waals surface area contributed by atoms with Crippen LogP contribution in [0.4, 0.5) is 0 Å². The third-order valence-corrected chi connectivity index (χ3v) is 4.78. The molecule has 122 valence electrons. The predicted octanol–water partition coefficient (Wildman–Crippen LogP) is 1.77. The molecule has 23 heavy (non-hydrogen) atoms. The number of likely N-dealkylation sites (N-methyl/N-ethyl adjacent to an activating group) is 4. The van der Waals surface area contributed by atoms with Gasteiger partial charge in [0.15, 0.2) is 0 Å². The van der Waals surface area contributed by atoms with Crippen molar-refractivity contribution in [2.24, 2.45) is 0 Å². The maximum Gasteiger partial charge on any atom is 0.272 e. The van der Waals surface area contributed by atoms with Crippen molar-refractivity contribution >= 4 is 11.4 Å². The molecule has 0 radical (unpaired) electrons. The van der Waals surface area contributed by atoms with Gasteiger partial charge < -0.3 is 9.80 Å². The normalized spacial score (nSPS) is 19.2. The Balaban J connectivity index is 2.05. The zero-order chi connectivity index (χ0) is 16.4. The van der Waals surface area contributed by atoms with E-state index in [0.717, 1.165) is 26.2 Å². The maximum atomic E-state index is 2.32. The van der Waals surface area contributed by atoms with Crippen LogP contribution in [-0.4, -0.2) is 79.5 Å². The number of hydrogen-bond acceptors (Lipinski definition) is 3. The van der Waals surface area contributed by atoms with Crippen LogP contribution in [0, 0.1) is 0 Å². The SMILES string of the molecule is CN1CCN(C)C1=C/C(=C/C1=[N+](C)CCN1C)c1ccccc1. The van der Waals surface area contributed by atoms with Gasteiger partial charge in [0, 0.05) is 33.3 Å². The minimum Gasteiger partial charge on any atom is -0.360 e. The van der Waals surface area contributed by atoms with Crippen LogP contribution in [0.2, 0.25) is 0 Å². The summed E-state index contributed by atoms with van der Waals surface area (Å²) in [6, 6.07) is 10.7. The minimum atomic E-state index is 1.08. The first-order valence-corrected chi connectivity index (χ1v) is 8.26. The summed E-state index contributed by atoms with van der Waals surface area (Å²) in [4.78, 5) is 6.97. The molecule has 0 aliphatic carbocycles. The summed E-state index contributed by atoms with van der Waals surface area (Å²) < 4.78 is 2.32. The van der Waals surface area contributed by atoms with Gasteiger partial charge in [0.25, 0.3) is 5.84 Å². The average Bonchev–Trinajstić information content (AvgIpc) is 3.04. The first kappa shape index (κ1) is 15.7. The molecule has 1 fully saturated rings. The lowest BCUT2D eigenvalue weighted by atomic mass is 10.0. The number of hydrogen-bond donors (Lipinski definition) is 0. The Hall–Kier alpha value is -2.23. The molecule has 4 nitrogen and oxygen atoms in total. The molecule has 2 aliphatic heterocycles. The van der Waals surface area contributed by atoms with E-state index in [1.165, 1.54) is 22.8 Å². The highest BCUT2D eigenvalue weighted by Crippen LogP contribution is 2.23. The predicted molar refractivity (Wildman–Crippen MR) is 96.5 cm³/mol. The van der Waals surface area contributed by atoms with E-state index in [0.29, 0.717) is 0 Å². The molecule has 2 heterocycles. The Morgan fingerprint density at radius 2 is 1.61 bits per heavy atom. The molecule has 0 amide bonds. The highest BCUT2D eigenvalue weighted by Gasteiger charge is 2.24. The van der Waals surface area contributed by atoms with Crippen molar-refractivity contribution in [3.05, 3.63) is 53.9 Å². The van der Waals surface area contributed by atoms with E-state index in [2.05, 4.69) is 89.9 Å². The van der Waals surface area contributed by atoms with Gasteiger partial charge in [-0.3, -0.25) is 9.48 Å². The number of nitrogens with zero attached hydrogens (tertiary/aromatic N) is 4. The summed E-state index contributed by atoms with van der Waals surface area (Å²) in [5.74, 6) is 2.56. The number of benzene rings is 1. The van der Waals surface area contributed by atoms with Crippen LogP contribution < -0.4 is 0 Å². The van der Waals surface area contributed by atoms with Crippen molar-refractivity contribution in [1.29, 1.82) is 0 Å². The second-order valence-corrected chi connectivity index (χ2v) is 6.51. The Morgan fingerprint density at radius 3 is 2.17 bits per heavy atom. The summed E-state index contributed by atoms with van der Waals surface area (Å²) >= 11 is 0. The van der Waals surface area contributed by atoms with Crippen molar-refractivity contribution in [3.8, 4) is 0 Å². The standard InChI is InChI=1S/C19H27N4/c1-20-10-11-21(2)18(20)14-17(16-8-6-5-7-9-16)15-19-22(3)12-13-23(19)4/h5-9,14-15H,10-13H2,1-4H3/q+1. The molecule has 1 saturated heterocycles. The van der Waals surface area contributed by atoms with Crippen molar-refractivity contribution in [2.45, 2.75) is 0 Å². The molecule has 4 heteroatoms. The largest absolute Gasteiger partial charge is 0.360 e. The van der Waals surface area contributed by atoms with Gasteiger partial charge in [-0.25, -0.2) is 0 Å². The number of allylic oxidation sites excluding steroid dienone is 2. The van der Waals surface area contributed by atoms with Crippen LogP contribution in [-0.2, 0) is 0 Å². The summed E-state index contributed by atoms with van der Waals surface area (Å²) in [7, 11) is 8.66. The quantitative estimate of drug-likeness (QED) is 0.790. The highest BCUT2D eigenvalue weighted by molar-refractivity contribution is 5.98. The van der Waals surface area contributed by atoms with Crippen LogP contribution >= 0.6 is 0 Å². The molecule has 0 saturated carbocycles. The molecule has 1 aromatic rings. The Morgan fingerprint density at radius 1 is 0.957 bits per heavy atom. The Bertz CT molecular complexity index is 645. The van der Waals surface area contributed by atoms with E-state index in [1.54, 1.807) is 0 Å². The van der Waals surface area contributed by atoms with E-state index in [-0.39, 0.29) is 0 Å². The van der Waals surface area contributed by atoms with Crippen molar-refractivity contribution in [1.82, 2.24) is 14.7 Å². The van der Waals surface area contributed by atoms with Crippen LogP contribution in [0.25, 0.3) is 5.57 Å². The summed E-state index contributed by atoms with van der Waals surface area (Å²) in [6.07, 6.45) is 4.63. The molecule has 0 N–H and O–H groups in total. The molecule has 0 bridgehead atoms. The van der Waals surface area contributed by atoms with Gasteiger partial charge in [0.05, 0.1) is 14.1 Å². The van der Waals surface area contributed by atoms with Crippen molar-refractivity contribution < 1.29 is 4.58 Å². The van der Waals surface area contributed by atoms with Crippen LogP contribution in [0.15, 0.2) is 48.3 Å². The smallest absolute Gasteiger partial charge is 0.272 e. The Kier molecular flexibility index (Phi) is 4.42. The minimum absolute atomic E-state index is 1.08. The molecular formula is C19H27N4+. The summed E-state index contributed by atoms with van der Waals surface area (Å²) in [6.45, 7) is 4.34. The molecule has 3 rings (SSSR count). The summed E-state index contributed by atoms with van der Waals surface area (Å²) in [5.41, 5.74) is 2.52. The first-order valence-electron chi connectivity index (χ1n) is 8.26. The van der Waals surface area contributed by atoms with Crippen LogP contribution in [0.5, 0.6) is 0 Å². The van der Waals surface area contributed by atoms with Crippen molar-refractivity contribution in [3.63, 3.8) is 0 Å². The average molecular weight is 311 g/mol. The fourth-order valence-corrected chi connectivity index (χ4v) is 3.20. The molecule has 0 aromatic heterocycles. The molecule has 1 aromatic carbocycles. The third kappa shape index (κ3) is 3.26. The fourth-order valence-electron chi connectivity index (χ4n) is 3.20. The topological polar surface area (TPSA) is 12.7 Å². The number of amidine groups is 1. The zero-order valence-electron chi connectivity index (χ0n) is 14.7. The lowest BCUT2D eigenvalue weighted by Crippen LogP contribution is -2.23. The zero-order valence-corrected chi connectivity index (χ0v) is 14.7. The van der Waals surface area contributed by atoms with E-state index < -0.39 is 0 Å². The lowest BCUT2D eigenvalue weighted by molar-refractivity contribution is -0.485. The third-order valence-electron chi connectivity index (χ3n) is 4.78. The van der Waals surface area contributed by atoms with E-state index in [9.17, 15) is 0 Å². The van der Waals surface area contributed by atoms with Gasteiger partial charge in [-0.1, -0.05) is 30.3 Å². The monoisotopic (exact) mass is 311 g/mol. The molecular weight excluding hydrogens is 284 g/mol. The number of rotatable bonds is 3. The van der Waals surface area contributed by atoms with Crippen LogP contribution in [0.3, 0.4) is 0 Å². The van der Waals surface area contributed by atoms with Crippen molar-refractivity contribution in [2.75, 3.05) is 54.4 Å². The van der Waals surface area contributed by atoms with E-state index in [4.69, 9.17) is 0 Å². The summed E-state index contributed by atoms with van der Waals surface area (Å²) in [5, 5.41) is 0. The molecule has 2 aliphatic rings. The van der Waals surface area contributed by atoms with Gasteiger partial charge in [-0.15, -0.1) is 0 Å². The highest BCUT2D eigenvalue weighted by atomic mass is 15.4.